The molecule has 0 aromatic heterocycles. The summed E-state index contributed by atoms with van der Waals surface area (Å²) in [5.41, 5.74) is 1.79. The molecule has 1 atom stereocenters. The Balaban J connectivity index is 1.88. The molecule has 22 heavy (non-hydrogen) atoms. The number of benzene rings is 1. The van der Waals surface area contributed by atoms with E-state index in [-0.39, 0.29) is 18.2 Å². The first-order valence-electron chi connectivity index (χ1n) is 7.47. The number of amidine groups is 1. The van der Waals surface area contributed by atoms with Gasteiger partial charge in [-0.1, -0.05) is 43.3 Å². The molecule has 0 spiro atoms. The van der Waals surface area contributed by atoms with Crippen LogP contribution in [0, 0.1) is 6.92 Å². The third-order valence-electron chi connectivity index (χ3n) is 3.33. The fraction of sp³-hybridized carbons (Fsp3) is 0.438. The number of hydrogen-bond acceptors (Lipinski definition) is 4. The molecule has 1 fully saturated rings. The molecule has 6 heteroatoms. The highest BCUT2D eigenvalue weighted by molar-refractivity contribution is 8.15. The second-order valence-electron chi connectivity index (χ2n) is 5.20. The van der Waals surface area contributed by atoms with Crippen molar-refractivity contribution in [1.82, 2.24) is 5.32 Å². The number of amides is 2. The summed E-state index contributed by atoms with van der Waals surface area (Å²) in [7, 11) is 0. The van der Waals surface area contributed by atoms with E-state index in [9.17, 15) is 9.59 Å². The lowest BCUT2D eigenvalue weighted by Gasteiger charge is -2.09. The minimum absolute atomic E-state index is 0.139. The third kappa shape index (κ3) is 4.59. The van der Waals surface area contributed by atoms with Gasteiger partial charge in [0.05, 0.1) is 0 Å². The van der Waals surface area contributed by atoms with E-state index in [1.54, 1.807) is 0 Å². The lowest BCUT2D eigenvalue weighted by molar-refractivity contribution is -0.122. The molecule has 0 saturated carbocycles. The molecular formula is C16H21N3O2S. The summed E-state index contributed by atoms with van der Waals surface area (Å²) < 4.78 is 0. The van der Waals surface area contributed by atoms with Crippen molar-refractivity contribution in [3.8, 4) is 0 Å². The second-order valence-corrected chi connectivity index (χ2v) is 6.39. The van der Waals surface area contributed by atoms with E-state index >= 15 is 0 Å². The minimum Gasteiger partial charge on any atom is -0.326 e. The Bertz CT molecular complexity index is 587. The summed E-state index contributed by atoms with van der Waals surface area (Å²) in [6.45, 7) is 4.74. The summed E-state index contributed by atoms with van der Waals surface area (Å²) in [6, 6.07) is 7.58. The van der Waals surface area contributed by atoms with Crippen LogP contribution in [0.15, 0.2) is 29.3 Å². The quantitative estimate of drug-likeness (QED) is 0.792. The maximum atomic E-state index is 12.1. The average molecular weight is 319 g/mol. The fourth-order valence-corrected chi connectivity index (χ4v) is 3.03. The maximum absolute atomic E-state index is 12.1. The molecule has 0 radical (unpaired) electrons. The number of hydrogen-bond donors (Lipinski definition) is 2. The molecule has 1 saturated heterocycles. The van der Waals surface area contributed by atoms with Crippen LogP contribution in [0.5, 0.6) is 0 Å². The first kappa shape index (κ1) is 16.5. The Morgan fingerprint density at radius 1 is 1.41 bits per heavy atom. The molecule has 1 heterocycles. The van der Waals surface area contributed by atoms with Gasteiger partial charge in [-0.05, 0) is 25.0 Å². The van der Waals surface area contributed by atoms with Crippen LogP contribution in [0.4, 0.5) is 5.69 Å². The van der Waals surface area contributed by atoms with Crippen LogP contribution in [0.3, 0.4) is 0 Å². The molecule has 2 N–H and O–H groups in total. The SMILES string of the molecule is CCCCN=C1NC(=O)[C@@H](CC(=O)Nc2ccccc2C)S1. The number of aryl methyl sites for hydroxylation is 1. The Morgan fingerprint density at radius 3 is 2.91 bits per heavy atom. The highest BCUT2D eigenvalue weighted by Gasteiger charge is 2.31. The standard InChI is InChI=1S/C16H21N3O2S/c1-3-4-9-17-16-19-15(21)13(22-16)10-14(20)18-12-8-6-5-7-11(12)2/h5-8,13H,3-4,9-10H2,1-2H3,(H,18,20)(H,17,19,21)/t13-/m1/s1. The zero-order chi connectivity index (χ0) is 15.9. The Morgan fingerprint density at radius 2 is 2.18 bits per heavy atom. The van der Waals surface area contributed by atoms with E-state index in [2.05, 4.69) is 22.5 Å². The van der Waals surface area contributed by atoms with Crippen molar-refractivity contribution in [2.24, 2.45) is 4.99 Å². The van der Waals surface area contributed by atoms with Gasteiger partial charge in [-0.2, -0.15) is 0 Å². The van der Waals surface area contributed by atoms with E-state index in [0.717, 1.165) is 24.1 Å². The molecule has 1 aromatic rings. The Labute approximate surface area is 135 Å². The van der Waals surface area contributed by atoms with E-state index in [1.807, 2.05) is 31.2 Å². The summed E-state index contributed by atoms with van der Waals surface area (Å²) in [4.78, 5) is 28.3. The third-order valence-corrected chi connectivity index (χ3v) is 4.45. The number of carbonyl (C=O) groups excluding carboxylic acids is 2. The van der Waals surface area contributed by atoms with Crippen LogP contribution in [0.1, 0.15) is 31.7 Å². The van der Waals surface area contributed by atoms with Crippen molar-refractivity contribution in [2.75, 3.05) is 11.9 Å². The number of unbranched alkanes of at least 4 members (excludes halogenated alkanes) is 1. The monoisotopic (exact) mass is 319 g/mol. The number of para-hydroxylation sites is 1. The summed E-state index contributed by atoms with van der Waals surface area (Å²) in [5.74, 6) is -0.294. The van der Waals surface area contributed by atoms with Crippen LogP contribution in [-0.2, 0) is 9.59 Å². The minimum atomic E-state index is -0.399. The number of nitrogens with zero attached hydrogens (tertiary/aromatic N) is 1. The van der Waals surface area contributed by atoms with Gasteiger partial charge in [0.1, 0.15) is 5.25 Å². The molecule has 0 aliphatic carbocycles. The maximum Gasteiger partial charge on any atom is 0.240 e. The lowest BCUT2D eigenvalue weighted by Crippen LogP contribution is -2.28. The predicted molar refractivity (Wildman–Crippen MR) is 91.2 cm³/mol. The first-order valence-corrected chi connectivity index (χ1v) is 8.35. The van der Waals surface area contributed by atoms with Crippen LogP contribution in [-0.4, -0.2) is 28.8 Å². The predicted octanol–water partition coefficient (Wildman–Crippen LogP) is 2.71. The molecule has 0 unspecified atom stereocenters. The van der Waals surface area contributed by atoms with Gasteiger partial charge in [0.15, 0.2) is 5.17 Å². The first-order chi connectivity index (χ1) is 10.6. The largest absolute Gasteiger partial charge is 0.326 e. The van der Waals surface area contributed by atoms with Crippen molar-refractivity contribution >= 4 is 34.4 Å². The van der Waals surface area contributed by atoms with Gasteiger partial charge in [0, 0.05) is 18.7 Å². The Kier molecular flexibility index (Phi) is 6.00. The normalized spacial score (nSPS) is 19.3. The highest BCUT2D eigenvalue weighted by atomic mass is 32.2. The summed E-state index contributed by atoms with van der Waals surface area (Å²) >= 11 is 1.34. The van der Waals surface area contributed by atoms with Crippen molar-refractivity contribution < 1.29 is 9.59 Å². The Hall–Kier alpha value is -1.82. The molecule has 2 rings (SSSR count). The molecule has 118 valence electrons. The van der Waals surface area contributed by atoms with Crippen molar-refractivity contribution in [2.45, 2.75) is 38.4 Å². The highest BCUT2D eigenvalue weighted by Crippen LogP contribution is 2.23. The molecule has 2 amide bonds. The van der Waals surface area contributed by atoms with E-state index < -0.39 is 5.25 Å². The van der Waals surface area contributed by atoms with E-state index in [1.165, 1.54) is 11.8 Å². The van der Waals surface area contributed by atoms with E-state index in [0.29, 0.717) is 11.7 Å². The molecule has 0 bridgehead atoms. The smallest absolute Gasteiger partial charge is 0.240 e. The molecule has 5 nitrogen and oxygen atoms in total. The number of rotatable bonds is 6. The average Bonchev–Trinajstić information content (AvgIpc) is 2.82. The second kappa shape index (κ2) is 7.98. The summed E-state index contributed by atoms with van der Waals surface area (Å²) in [6.07, 6.45) is 2.22. The van der Waals surface area contributed by atoms with Gasteiger partial charge in [-0.25, -0.2) is 0 Å². The van der Waals surface area contributed by atoms with Crippen LogP contribution in [0.2, 0.25) is 0 Å². The zero-order valence-corrected chi connectivity index (χ0v) is 13.7. The van der Waals surface area contributed by atoms with Gasteiger partial charge in [0.2, 0.25) is 11.8 Å². The van der Waals surface area contributed by atoms with Crippen LogP contribution >= 0.6 is 11.8 Å². The number of nitrogens with one attached hydrogen (secondary N) is 2. The number of carbonyl (C=O) groups is 2. The van der Waals surface area contributed by atoms with Gasteiger partial charge < -0.3 is 10.6 Å². The fourth-order valence-electron chi connectivity index (χ4n) is 2.04. The van der Waals surface area contributed by atoms with Crippen molar-refractivity contribution in [3.63, 3.8) is 0 Å². The van der Waals surface area contributed by atoms with E-state index in [4.69, 9.17) is 0 Å². The molecular weight excluding hydrogens is 298 g/mol. The van der Waals surface area contributed by atoms with Crippen molar-refractivity contribution in [3.05, 3.63) is 29.8 Å². The number of thioether (sulfide) groups is 1. The summed E-state index contributed by atoms with van der Waals surface area (Å²) in [5, 5.41) is 5.82. The van der Waals surface area contributed by atoms with Gasteiger partial charge in [-0.3, -0.25) is 14.6 Å². The zero-order valence-electron chi connectivity index (χ0n) is 12.9. The molecule has 1 aliphatic heterocycles. The molecule has 1 aromatic carbocycles. The van der Waals surface area contributed by atoms with Crippen LogP contribution in [0.25, 0.3) is 0 Å². The lowest BCUT2D eigenvalue weighted by atomic mass is 10.2. The van der Waals surface area contributed by atoms with Crippen molar-refractivity contribution in [1.29, 1.82) is 0 Å². The molecule has 1 aliphatic rings. The van der Waals surface area contributed by atoms with Gasteiger partial charge in [0.25, 0.3) is 0 Å². The van der Waals surface area contributed by atoms with Crippen LogP contribution < -0.4 is 10.6 Å². The van der Waals surface area contributed by atoms with Gasteiger partial charge in [-0.15, -0.1) is 0 Å². The number of aliphatic imine (C=N–C) groups is 1. The number of anilines is 1. The topological polar surface area (TPSA) is 70.6 Å². The van der Waals surface area contributed by atoms with Gasteiger partial charge >= 0.3 is 0 Å².